The predicted molar refractivity (Wildman–Crippen MR) is 103 cm³/mol. The van der Waals surface area contributed by atoms with Crippen molar-refractivity contribution in [2.45, 2.75) is 25.5 Å². The normalized spacial score (nSPS) is 18.5. The monoisotopic (exact) mass is 408 g/mol. The zero-order chi connectivity index (χ0) is 18.3. The Morgan fingerprint density at radius 2 is 2.12 bits per heavy atom. The van der Waals surface area contributed by atoms with Crippen LogP contribution in [-0.4, -0.2) is 22.0 Å². The summed E-state index contributed by atoms with van der Waals surface area (Å²) in [5, 5.41) is 4.41. The quantitative estimate of drug-likeness (QED) is 0.587. The van der Waals surface area contributed by atoms with Crippen LogP contribution in [0.1, 0.15) is 24.4 Å². The van der Waals surface area contributed by atoms with Crippen LogP contribution in [0.15, 0.2) is 40.4 Å². The lowest BCUT2D eigenvalue weighted by Gasteiger charge is -2.11. The van der Waals surface area contributed by atoms with E-state index in [1.807, 2.05) is 0 Å². The van der Waals surface area contributed by atoms with Crippen molar-refractivity contribution in [1.82, 2.24) is 10.2 Å². The van der Waals surface area contributed by atoms with Crippen molar-refractivity contribution in [3.63, 3.8) is 0 Å². The van der Waals surface area contributed by atoms with E-state index < -0.39 is 0 Å². The summed E-state index contributed by atoms with van der Waals surface area (Å²) in [5.41, 5.74) is 0.418. The first-order chi connectivity index (χ1) is 12.5. The van der Waals surface area contributed by atoms with Crippen molar-refractivity contribution >= 4 is 52.5 Å². The first-order valence-corrected chi connectivity index (χ1v) is 9.20. The molecule has 2 fully saturated rings. The summed E-state index contributed by atoms with van der Waals surface area (Å²) in [6.45, 7) is 0.192. The van der Waals surface area contributed by atoms with Gasteiger partial charge in [0.25, 0.3) is 5.91 Å². The maximum atomic E-state index is 12.4. The number of amides is 1. The molecule has 4 rings (SSSR count). The van der Waals surface area contributed by atoms with Crippen LogP contribution in [0.25, 0.3) is 6.08 Å². The number of hydrogen-bond donors (Lipinski definition) is 1. The highest BCUT2D eigenvalue weighted by Crippen LogP contribution is 2.31. The molecule has 0 unspecified atom stereocenters. The highest BCUT2D eigenvalue weighted by atomic mass is 35.5. The lowest BCUT2D eigenvalue weighted by atomic mass is 10.3. The van der Waals surface area contributed by atoms with E-state index in [4.69, 9.17) is 44.6 Å². The van der Waals surface area contributed by atoms with Gasteiger partial charge in [-0.1, -0.05) is 23.2 Å². The maximum Gasteiger partial charge on any atom is 0.276 e. The molecular formula is C18H14Cl2N2O3S. The highest BCUT2D eigenvalue weighted by molar-refractivity contribution is 7.80. The lowest BCUT2D eigenvalue weighted by Crippen LogP contribution is -2.32. The van der Waals surface area contributed by atoms with Gasteiger partial charge < -0.3 is 14.5 Å². The van der Waals surface area contributed by atoms with Gasteiger partial charge in [-0.25, -0.2) is 0 Å². The van der Waals surface area contributed by atoms with Crippen LogP contribution in [0.2, 0.25) is 10.0 Å². The molecule has 2 aliphatic rings. The molecule has 1 aliphatic carbocycles. The van der Waals surface area contributed by atoms with Gasteiger partial charge in [-0.05, 0) is 49.3 Å². The number of nitrogens with one attached hydrogen (secondary N) is 1. The fourth-order valence-electron chi connectivity index (χ4n) is 2.64. The number of carbonyl (C=O) groups excluding carboxylic acids is 1. The van der Waals surface area contributed by atoms with Crippen molar-refractivity contribution < 1.29 is 13.9 Å². The number of halogens is 2. The number of ether oxygens (including phenoxy) is 1. The largest absolute Gasteiger partial charge is 0.484 e. The van der Waals surface area contributed by atoms with Gasteiger partial charge in [0.15, 0.2) is 5.11 Å². The molecular weight excluding hydrogens is 395 g/mol. The van der Waals surface area contributed by atoms with Crippen LogP contribution in [-0.2, 0) is 11.4 Å². The second kappa shape index (κ2) is 6.95. The van der Waals surface area contributed by atoms with E-state index in [0.29, 0.717) is 38.1 Å². The molecule has 1 saturated heterocycles. The predicted octanol–water partition coefficient (Wildman–Crippen LogP) is 4.39. The Bertz CT molecular complexity index is 921. The summed E-state index contributed by atoms with van der Waals surface area (Å²) in [4.78, 5) is 14.0. The molecule has 2 aromatic rings. The number of thiocarbonyl (C=S) groups is 1. The van der Waals surface area contributed by atoms with Crippen LogP contribution in [0.5, 0.6) is 5.75 Å². The van der Waals surface area contributed by atoms with Gasteiger partial charge in [-0.2, -0.15) is 0 Å². The third-order valence-corrected chi connectivity index (χ3v) is 4.90. The Hall–Kier alpha value is -2.02. The van der Waals surface area contributed by atoms with Crippen molar-refractivity contribution in [2.24, 2.45) is 0 Å². The molecule has 2 heterocycles. The molecule has 26 heavy (non-hydrogen) atoms. The molecule has 0 spiro atoms. The van der Waals surface area contributed by atoms with E-state index in [1.165, 1.54) is 0 Å². The molecule has 0 bridgehead atoms. The summed E-state index contributed by atoms with van der Waals surface area (Å²) in [6.07, 6.45) is 3.64. The molecule has 0 radical (unpaired) electrons. The highest BCUT2D eigenvalue weighted by Gasteiger charge is 2.41. The number of nitrogens with zero attached hydrogens (tertiary/aromatic N) is 1. The average molecular weight is 409 g/mol. The molecule has 1 amide bonds. The fraction of sp³-hybridized carbons (Fsp3) is 0.222. The minimum Gasteiger partial charge on any atom is -0.484 e. The SMILES string of the molecule is O=C1/C(=C\c2ccc(COc3cc(Cl)ccc3Cl)o2)NC(=S)N1C1CC1. The van der Waals surface area contributed by atoms with Crippen LogP contribution in [0, 0.1) is 0 Å². The number of hydrogen-bond acceptors (Lipinski definition) is 4. The van der Waals surface area contributed by atoms with Gasteiger partial charge in [0, 0.05) is 23.2 Å². The minimum absolute atomic E-state index is 0.114. The van der Waals surface area contributed by atoms with Crippen LogP contribution in [0.3, 0.4) is 0 Å². The topological polar surface area (TPSA) is 54.7 Å². The standard InChI is InChI=1S/C18H14Cl2N2O3S/c19-10-1-6-14(20)16(7-10)24-9-13-5-4-12(25-13)8-15-17(23)22(11-2-3-11)18(26)21-15/h1,4-8,11H,2-3,9H2,(H,21,26)/b15-8+. The Labute approximate surface area is 165 Å². The molecule has 1 aliphatic heterocycles. The van der Waals surface area contributed by atoms with Crippen molar-refractivity contribution in [1.29, 1.82) is 0 Å². The van der Waals surface area contributed by atoms with E-state index in [2.05, 4.69) is 5.32 Å². The zero-order valence-corrected chi connectivity index (χ0v) is 15.8. The zero-order valence-electron chi connectivity index (χ0n) is 13.5. The second-order valence-electron chi connectivity index (χ2n) is 6.06. The van der Waals surface area contributed by atoms with E-state index in [1.54, 1.807) is 41.3 Å². The summed E-state index contributed by atoms with van der Waals surface area (Å²) < 4.78 is 11.3. The summed E-state index contributed by atoms with van der Waals surface area (Å²) in [6, 6.07) is 8.78. The van der Waals surface area contributed by atoms with E-state index in [-0.39, 0.29) is 18.6 Å². The van der Waals surface area contributed by atoms with Gasteiger partial charge in [0.1, 0.15) is 29.6 Å². The number of benzene rings is 1. The molecule has 5 nitrogen and oxygen atoms in total. The van der Waals surface area contributed by atoms with Crippen molar-refractivity contribution in [3.05, 3.63) is 57.6 Å². The van der Waals surface area contributed by atoms with Gasteiger partial charge in [0.05, 0.1) is 5.02 Å². The Kier molecular flexibility index (Phi) is 4.65. The third-order valence-electron chi connectivity index (χ3n) is 4.05. The summed E-state index contributed by atoms with van der Waals surface area (Å²) in [5.74, 6) is 1.50. The smallest absolute Gasteiger partial charge is 0.276 e. The summed E-state index contributed by atoms with van der Waals surface area (Å²) in [7, 11) is 0. The van der Waals surface area contributed by atoms with Crippen molar-refractivity contribution in [3.8, 4) is 5.75 Å². The average Bonchev–Trinajstić information content (AvgIpc) is 3.27. The van der Waals surface area contributed by atoms with Gasteiger partial charge in [0.2, 0.25) is 0 Å². The minimum atomic E-state index is -0.114. The van der Waals surface area contributed by atoms with E-state index >= 15 is 0 Å². The van der Waals surface area contributed by atoms with Gasteiger partial charge >= 0.3 is 0 Å². The molecule has 8 heteroatoms. The number of furan rings is 1. The Balaban J connectivity index is 1.44. The van der Waals surface area contributed by atoms with E-state index in [9.17, 15) is 4.79 Å². The second-order valence-corrected chi connectivity index (χ2v) is 7.29. The van der Waals surface area contributed by atoms with Crippen LogP contribution < -0.4 is 10.1 Å². The number of carbonyl (C=O) groups is 1. The molecule has 1 aromatic heterocycles. The lowest BCUT2D eigenvalue weighted by molar-refractivity contribution is -0.122. The molecule has 1 saturated carbocycles. The third kappa shape index (κ3) is 3.58. The first-order valence-electron chi connectivity index (χ1n) is 8.04. The van der Waals surface area contributed by atoms with Gasteiger partial charge in [-0.3, -0.25) is 9.69 Å². The molecule has 0 atom stereocenters. The Morgan fingerprint density at radius 1 is 1.31 bits per heavy atom. The van der Waals surface area contributed by atoms with Crippen LogP contribution in [0.4, 0.5) is 0 Å². The molecule has 1 aromatic carbocycles. The fourth-order valence-corrected chi connectivity index (χ4v) is 3.32. The van der Waals surface area contributed by atoms with Crippen LogP contribution >= 0.6 is 35.4 Å². The van der Waals surface area contributed by atoms with Crippen molar-refractivity contribution in [2.75, 3.05) is 0 Å². The molecule has 134 valence electrons. The maximum absolute atomic E-state index is 12.4. The first kappa shape index (κ1) is 17.4. The summed E-state index contributed by atoms with van der Waals surface area (Å²) >= 11 is 17.2. The van der Waals surface area contributed by atoms with E-state index in [0.717, 1.165) is 12.8 Å². The molecule has 1 N–H and O–H groups in total. The van der Waals surface area contributed by atoms with Gasteiger partial charge in [-0.15, -0.1) is 0 Å². The Morgan fingerprint density at radius 3 is 2.88 bits per heavy atom. The number of rotatable bonds is 5.